The molecule has 5 atom stereocenters. The summed E-state index contributed by atoms with van der Waals surface area (Å²) in [6, 6.07) is 9.10. The molecule has 186 valence electrons. The minimum absolute atomic E-state index is 0.0104. The summed E-state index contributed by atoms with van der Waals surface area (Å²) >= 11 is 0. The monoisotopic (exact) mass is 465 g/mol. The van der Waals surface area contributed by atoms with E-state index < -0.39 is 29.8 Å². The molecule has 0 bridgehead atoms. The lowest BCUT2D eigenvalue weighted by atomic mass is 9.91. The van der Waals surface area contributed by atoms with Crippen LogP contribution in [0.25, 0.3) is 0 Å². The van der Waals surface area contributed by atoms with Crippen molar-refractivity contribution in [3.8, 4) is 0 Å². The third-order valence-corrected chi connectivity index (χ3v) is 5.40. The molecule has 1 aromatic rings. The first kappa shape index (κ1) is 27.1. The van der Waals surface area contributed by atoms with E-state index in [1.54, 1.807) is 27.9 Å². The summed E-state index contributed by atoms with van der Waals surface area (Å²) in [5.41, 5.74) is 0.464. The number of carbonyl (C=O) groups is 2. The van der Waals surface area contributed by atoms with Gasteiger partial charge < -0.3 is 29.0 Å². The predicted molar refractivity (Wildman–Crippen MR) is 124 cm³/mol. The number of amides is 1. The molecule has 1 saturated heterocycles. The van der Waals surface area contributed by atoms with Gasteiger partial charge in [0.15, 0.2) is 6.04 Å². The molecule has 0 aliphatic carbocycles. The molecule has 0 saturated carbocycles. The highest BCUT2D eigenvalue weighted by Gasteiger charge is 2.36. The Labute approximate surface area is 197 Å². The van der Waals surface area contributed by atoms with Gasteiger partial charge in [-0.2, -0.15) is 0 Å². The number of hydrogen-bond acceptors (Lipinski definition) is 7. The first-order valence-electron chi connectivity index (χ1n) is 11.5. The Morgan fingerprint density at radius 1 is 1.21 bits per heavy atom. The summed E-state index contributed by atoms with van der Waals surface area (Å²) in [5, 5.41) is 2.57. The molecular formula is C25H39NO7. The third kappa shape index (κ3) is 9.70. The van der Waals surface area contributed by atoms with Gasteiger partial charge in [0.1, 0.15) is 11.7 Å². The van der Waals surface area contributed by atoms with Crippen molar-refractivity contribution < 1.29 is 33.3 Å². The number of alkyl carbamates (subject to hydrolysis) is 1. The van der Waals surface area contributed by atoms with E-state index in [2.05, 4.69) is 17.4 Å². The fourth-order valence-corrected chi connectivity index (χ4v) is 3.62. The number of ether oxygens (including phenoxy) is 5. The third-order valence-electron chi connectivity index (χ3n) is 5.40. The lowest BCUT2D eigenvalue weighted by molar-refractivity contribution is -0.161. The second-order valence-electron chi connectivity index (χ2n) is 9.50. The molecule has 0 radical (unpaired) electrons. The topological polar surface area (TPSA) is 92.3 Å². The molecule has 8 heteroatoms. The van der Waals surface area contributed by atoms with Crippen molar-refractivity contribution in [2.45, 2.75) is 77.4 Å². The van der Waals surface area contributed by atoms with Crippen LogP contribution >= 0.6 is 0 Å². The molecule has 1 N–H and O–H groups in total. The van der Waals surface area contributed by atoms with Crippen LogP contribution in [0.3, 0.4) is 0 Å². The van der Waals surface area contributed by atoms with Crippen molar-refractivity contribution in [2.75, 3.05) is 26.9 Å². The average Bonchev–Trinajstić information content (AvgIpc) is 2.78. The van der Waals surface area contributed by atoms with Gasteiger partial charge in [-0.15, -0.1) is 0 Å². The lowest BCUT2D eigenvalue weighted by Crippen LogP contribution is -2.47. The molecule has 1 heterocycles. The summed E-state index contributed by atoms with van der Waals surface area (Å²) in [4.78, 5) is 25.0. The Hall–Kier alpha value is -2.16. The van der Waals surface area contributed by atoms with E-state index in [1.807, 2.05) is 32.0 Å². The van der Waals surface area contributed by atoms with Crippen LogP contribution in [0.15, 0.2) is 30.3 Å². The zero-order valence-corrected chi connectivity index (χ0v) is 20.7. The van der Waals surface area contributed by atoms with E-state index in [1.165, 1.54) is 0 Å². The maximum Gasteiger partial charge on any atom is 0.408 e. The standard InChI is InChI=1S/C25H39NO7/c1-17(29-6)12-13-31-22-18(2)32-23(27)21(26-24(28)33-25(3,4)5)16-30-15-20(22)14-19-10-8-7-9-11-19/h7-11,17-18,20-22H,12-16H2,1-6H3,(H,26,28). The summed E-state index contributed by atoms with van der Waals surface area (Å²) in [6.07, 6.45) is -0.118. The van der Waals surface area contributed by atoms with Crippen molar-refractivity contribution >= 4 is 12.1 Å². The van der Waals surface area contributed by atoms with Gasteiger partial charge in [-0.05, 0) is 53.0 Å². The van der Waals surface area contributed by atoms with Crippen molar-refractivity contribution in [1.29, 1.82) is 0 Å². The smallest absolute Gasteiger partial charge is 0.408 e. The molecule has 5 unspecified atom stereocenters. The normalized spacial score (nSPS) is 25.2. The van der Waals surface area contributed by atoms with Crippen LogP contribution in [-0.4, -0.2) is 68.9 Å². The summed E-state index contributed by atoms with van der Waals surface area (Å²) in [6.45, 7) is 9.88. The van der Waals surface area contributed by atoms with E-state index >= 15 is 0 Å². The second kappa shape index (κ2) is 12.9. The Bertz CT molecular complexity index is 734. The first-order chi connectivity index (χ1) is 15.6. The minimum Gasteiger partial charge on any atom is -0.458 e. The van der Waals surface area contributed by atoms with Crippen LogP contribution in [-0.2, 0) is 34.9 Å². The molecule has 1 amide bonds. The SMILES string of the molecule is COC(C)CCOC1C(Cc2ccccc2)COCC(NC(=O)OC(C)(C)C)C(=O)OC1C. The van der Waals surface area contributed by atoms with Crippen molar-refractivity contribution in [3.63, 3.8) is 0 Å². The molecule has 1 aliphatic heterocycles. The van der Waals surface area contributed by atoms with Gasteiger partial charge >= 0.3 is 12.1 Å². The fraction of sp³-hybridized carbons (Fsp3) is 0.680. The maximum atomic E-state index is 12.8. The van der Waals surface area contributed by atoms with Gasteiger partial charge in [-0.3, -0.25) is 0 Å². The summed E-state index contributed by atoms with van der Waals surface area (Å²) < 4.78 is 28.5. The number of cyclic esters (lactones) is 1. The highest BCUT2D eigenvalue weighted by Crippen LogP contribution is 2.23. The van der Waals surface area contributed by atoms with Crippen LogP contribution in [0.5, 0.6) is 0 Å². The second-order valence-corrected chi connectivity index (χ2v) is 9.50. The highest BCUT2D eigenvalue weighted by molar-refractivity contribution is 5.81. The van der Waals surface area contributed by atoms with Crippen LogP contribution in [0.2, 0.25) is 0 Å². The summed E-state index contributed by atoms with van der Waals surface area (Å²) in [7, 11) is 1.67. The maximum absolute atomic E-state index is 12.8. The zero-order chi connectivity index (χ0) is 24.4. The van der Waals surface area contributed by atoms with E-state index in [4.69, 9.17) is 23.7 Å². The number of hydrogen-bond donors (Lipinski definition) is 1. The Morgan fingerprint density at radius 3 is 2.55 bits per heavy atom. The van der Waals surface area contributed by atoms with Gasteiger partial charge in [-0.25, -0.2) is 9.59 Å². The number of rotatable bonds is 8. The molecule has 1 aromatic carbocycles. The predicted octanol–water partition coefficient (Wildman–Crippen LogP) is 3.51. The Morgan fingerprint density at radius 2 is 1.91 bits per heavy atom. The molecule has 1 aliphatic rings. The minimum atomic E-state index is -0.966. The molecule has 2 rings (SSSR count). The Kier molecular flexibility index (Phi) is 10.6. The van der Waals surface area contributed by atoms with E-state index in [0.29, 0.717) is 19.6 Å². The van der Waals surface area contributed by atoms with Crippen molar-refractivity contribution in [1.82, 2.24) is 5.32 Å². The first-order valence-corrected chi connectivity index (χ1v) is 11.5. The van der Waals surface area contributed by atoms with Crippen LogP contribution in [0.4, 0.5) is 4.79 Å². The lowest BCUT2D eigenvalue weighted by Gasteiger charge is -2.31. The highest BCUT2D eigenvalue weighted by atomic mass is 16.6. The molecule has 8 nitrogen and oxygen atoms in total. The van der Waals surface area contributed by atoms with Crippen molar-refractivity contribution in [3.05, 3.63) is 35.9 Å². The largest absolute Gasteiger partial charge is 0.458 e. The van der Waals surface area contributed by atoms with E-state index in [-0.39, 0.29) is 24.7 Å². The molecule has 0 spiro atoms. The number of carbonyl (C=O) groups excluding carboxylic acids is 2. The van der Waals surface area contributed by atoms with Gasteiger partial charge in [-0.1, -0.05) is 30.3 Å². The molecule has 1 fully saturated rings. The van der Waals surface area contributed by atoms with Gasteiger partial charge in [0.25, 0.3) is 0 Å². The number of methoxy groups -OCH3 is 1. The Balaban J connectivity index is 2.14. The average molecular weight is 466 g/mol. The quantitative estimate of drug-likeness (QED) is 0.587. The van der Waals surface area contributed by atoms with E-state index in [0.717, 1.165) is 12.0 Å². The number of esters is 1. The van der Waals surface area contributed by atoms with Gasteiger partial charge in [0.2, 0.25) is 0 Å². The summed E-state index contributed by atoms with van der Waals surface area (Å²) in [5.74, 6) is -0.624. The number of nitrogens with one attached hydrogen (secondary N) is 1. The van der Waals surface area contributed by atoms with Crippen LogP contribution in [0, 0.1) is 5.92 Å². The van der Waals surface area contributed by atoms with Crippen molar-refractivity contribution in [2.24, 2.45) is 5.92 Å². The zero-order valence-electron chi connectivity index (χ0n) is 20.7. The van der Waals surface area contributed by atoms with Gasteiger partial charge in [0.05, 0.1) is 25.4 Å². The van der Waals surface area contributed by atoms with E-state index in [9.17, 15) is 9.59 Å². The molecule has 0 aromatic heterocycles. The number of benzene rings is 1. The van der Waals surface area contributed by atoms with Gasteiger partial charge in [0, 0.05) is 19.6 Å². The van der Waals surface area contributed by atoms with Crippen LogP contribution < -0.4 is 5.32 Å². The van der Waals surface area contributed by atoms with Crippen LogP contribution in [0.1, 0.15) is 46.6 Å². The molecule has 33 heavy (non-hydrogen) atoms. The molecular weight excluding hydrogens is 426 g/mol. The fourth-order valence-electron chi connectivity index (χ4n) is 3.62.